The molecule has 150 valence electrons. The fourth-order valence-electron chi connectivity index (χ4n) is 3.23. The molecule has 0 radical (unpaired) electrons. The van der Waals surface area contributed by atoms with Gasteiger partial charge in [-0.25, -0.2) is 9.67 Å². The van der Waals surface area contributed by atoms with Gasteiger partial charge in [0, 0.05) is 28.0 Å². The first-order valence-corrected chi connectivity index (χ1v) is 10.1. The van der Waals surface area contributed by atoms with Crippen LogP contribution in [0.3, 0.4) is 0 Å². The first-order valence-electron chi connectivity index (χ1n) is 9.25. The van der Waals surface area contributed by atoms with Crippen LogP contribution in [-0.4, -0.2) is 43.2 Å². The van der Waals surface area contributed by atoms with Gasteiger partial charge in [-0.2, -0.15) is 0 Å². The second-order valence-electron chi connectivity index (χ2n) is 6.76. The molecule has 0 aliphatic rings. The second-order valence-corrected chi connectivity index (χ2v) is 7.62. The predicted molar refractivity (Wildman–Crippen MR) is 111 cm³/mol. The Hall–Kier alpha value is -3.27. The van der Waals surface area contributed by atoms with Crippen molar-refractivity contribution in [2.75, 3.05) is 12.4 Å². The van der Waals surface area contributed by atoms with Crippen LogP contribution in [0.5, 0.6) is 5.75 Å². The van der Waals surface area contributed by atoms with Crippen molar-refractivity contribution in [2.24, 2.45) is 5.92 Å². The van der Waals surface area contributed by atoms with E-state index in [0.717, 1.165) is 34.3 Å². The maximum atomic E-state index is 12.9. The number of benzene rings is 1. The van der Waals surface area contributed by atoms with Gasteiger partial charge in [-0.15, -0.1) is 16.4 Å². The van der Waals surface area contributed by atoms with E-state index in [0.29, 0.717) is 5.13 Å². The van der Waals surface area contributed by atoms with E-state index >= 15 is 0 Å². The van der Waals surface area contributed by atoms with Crippen LogP contribution in [0.25, 0.3) is 22.2 Å². The molecule has 3 aromatic heterocycles. The summed E-state index contributed by atoms with van der Waals surface area (Å²) in [6.07, 6.45) is 4.19. The summed E-state index contributed by atoms with van der Waals surface area (Å²) in [5.74, 6) is 0.659. The van der Waals surface area contributed by atoms with E-state index in [1.54, 1.807) is 7.11 Å². The lowest BCUT2D eigenvalue weighted by molar-refractivity contribution is -0.121. The zero-order chi connectivity index (χ0) is 20.4. The summed E-state index contributed by atoms with van der Waals surface area (Å²) in [5.41, 5.74) is 2.73. The van der Waals surface area contributed by atoms with Gasteiger partial charge in [0.1, 0.15) is 18.1 Å². The van der Waals surface area contributed by atoms with Crippen molar-refractivity contribution < 1.29 is 9.53 Å². The number of carbonyl (C=O) groups excluding carboxylic acids is 1. The highest BCUT2D eigenvalue weighted by atomic mass is 32.1. The zero-order valence-corrected chi connectivity index (χ0v) is 17.1. The SMILES string of the molecule is CC[C@H](C)[C@@H](C(=O)Nc1nc(-c2c[nH]c3ccc(OC)cc23)cs1)n1cnnn1. The van der Waals surface area contributed by atoms with Crippen LogP contribution in [-0.2, 0) is 4.79 Å². The second kappa shape index (κ2) is 8.00. The largest absolute Gasteiger partial charge is 0.497 e. The van der Waals surface area contributed by atoms with Gasteiger partial charge in [-0.3, -0.25) is 4.79 Å². The summed E-state index contributed by atoms with van der Waals surface area (Å²) >= 11 is 1.38. The summed E-state index contributed by atoms with van der Waals surface area (Å²) in [6.45, 7) is 4.03. The average Bonchev–Trinajstić information content (AvgIpc) is 3.48. The number of amides is 1. The maximum absolute atomic E-state index is 12.9. The number of carbonyl (C=O) groups is 1. The standard InChI is InChI=1S/C19H21N7O2S/c1-4-11(2)17(26-10-21-24-25-26)18(27)23-19-22-16(9-29-19)14-8-20-15-6-5-12(28-3)7-13(14)15/h5-11,17,20H,4H2,1-3H3,(H,22,23,27)/t11-,17-/m0/s1. The number of rotatable bonds is 7. The first kappa shape index (κ1) is 19.1. The molecule has 3 heterocycles. The Morgan fingerprint density at radius 3 is 3.00 bits per heavy atom. The number of anilines is 1. The number of aromatic amines is 1. The Labute approximate surface area is 171 Å². The van der Waals surface area contributed by atoms with Crippen molar-refractivity contribution in [3.8, 4) is 17.0 Å². The Morgan fingerprint density at radius 1 is 1.41 bits per heavy atom. The van der Waals surface area contributed by atoms with E-state index in [4.69, 9.17) is 4.74 Å². The number of H-pyrrole nitrogens is 1. The molecule has 0 bridgehead atoms. The smallest absolute Gasteiger partial charge is 0.251 e. The summed E-state index contributed by atoms with van der Waals surface area (Å²) < 4.78 is 6.82. The number of nitrogens with zero attached hydrogens (tertiary/aromatic N) is 5. The Morgan fingerprint density at radius 2 is 2.28 bits per heavy atom. The maximum Gasteiger partial charge on any atom is 0.251 e. The van der Waals surface area contributed by atoms with E-state index < -0.39 is 6.04 Å². The molecule has 0 saturated carbocycles. The molecular formula is C19H21N7O2S. The van der Waals surface area contributed by atoms with Gasteiger partial charge in [-0.05, 0) is 34.5 Å². The highest BCUT2D eigenvalue weighted by Crippen LogP contribution is 2.33. The van der Waals surface area contributed by atoms with Gasteiger partial charge in [0.25, 0.3) is 5.91 Å². The van der Waals surface area contributed by atoms with E-state index in [1.807, 2.05) is 43.6 Å². The van der Waals surface area contributed by atoms with E-state index in [-0.39, 0.29) is 11.8 Å². The summed E-state index contributed by atoms with van der Waals surface area (Å²) in [4.78, 5) is 20.8. The number of methoxy groups -OCH3 is 1. The Kier molecular flexibility index (Phi) is 5.26. The normalized spacial score (nSPS) is 13.3. The first-order chi connectivity index (χ1) is 14.1. The molecule has 9 nitrogen and oxygen atoms in total. The molecule has 0 unspecified atom stereocenters. The van der Waals surface area contributed by atoms with Gasteiger partial charge in [0.05, 0.1) is 12.8 Å². The molecule has 2 atom stereocenters. The van der Waals surface area contributed by atoms with Gasteiger partial charge < -0.3 is 15.0 Å². The lowest BCUT2D eigenvalue weighted by atomic mass is 9.99. The Bertz CT molecular complexity index is 1120. The van der Waals surface area contributed by atoms with Crippen LogP contribution in [0.1, 0.15) is 26.3 Å². The molecule has 0 aliphatic carbocycles. The molecule has 29 heavy (non-hydrogen) atoms. The molecule has 0 aliphatic heterocycles. The van der Waals surface area contributed by atoms with Gasteiger partial charge in [0.2, 0.25) is 0 Å². The Balaban J connectivity index is 1.59. The predicted octanol–water partition coefficient (Wildman–Crippen LogP) is 3.51. The third kappa shape index (κ3) is 3.70. The molecule has 1 aromatic carbocycles. The number of fused-ring (bicyclic) bond motifs is 1. The van der Waals surface area contributed by atoms with Crippen molar-refractivity contribution in [1.82, 2.24) is 30.2 Å². The molecular weight excluding hydrogens is 390 g/mol. The fraction of sp³-hybridized carbons (Fsp3) is 0.316. The summed E-state index contributed by atoms with van der Waals surface area (Å²) in [5, 5.41) is 17.6. The van der Waals surface area contributed by atoms with Crippen molar-refractivity contribution in [1.29, 1.82) is 0 Å². The third-order valence-corrected chi connectivity index (χ3v) is 5.76. The lowest BCUT2D eigenvalue weighted by Crippen LogP contribution is -2.31. The minimum atomic E-state index is -0.500. The number of aromatic nitrogens is 6. The molecule has 2 N–H and O–H groups in total. The van der Waals surface area contributed by atoms with E-state index in [9.17, 15) is 4.79 Å². The number of nitrogens with one attached hydrogen (secondary N) is 2. The van der Waals surface area contributed by atoms with E-state index in [1.165, 1.54) is 22.3 Å². The van der Waals surface area contributed by atoms with Gasteiger partial charge in [0.15, 0.2) is 5.13 Å². The summed E-state index contributed by atoms with van der Waals surface area (Å²) in [6, 6.07) is 5.34. The van der Waals surface area contributed by atoms with Crippen molar-refractivity contribution in [3.05, 3.63) is 36.1 Å². The molecule has 4 aromatic rings. The van der Waals surface area contributed by atoms with Crippen LogP contribution < -0.4 is 10.1 Å². The lowest BCUT2D eigenvalue weighted by Gasteiger charge is -2.20. The summed E-state index contributed by atoms with van der Waals surface area (Å²) in [7, 11) is 1.64. The van der Waals surface area contributed by atoms with Crippen LogP contribution in [0.4, 0.5) is 5.13 Å². The minimum absolute atomic E-state index is 0.0685. The monoisotopic (exact) mass is 411 g/mol. The fourth-order valence-corrected chi connectivity index (χ4v) is 3.94. The highest BCUT2D eigenvalue weighted by Gasteiger charge is 2.28. The third-order valence-electron chi connectivity index (χ3n) is 5.00. The van der Waals surface area contributed by atoms with Crippen molar-refractivity contribution in [2.45, 2.75) is 26.3 Å². The molecule has 0 saturated heterocycles. The van der Waals surface area contributed by atoms with Crippen LogP contribution in [0, 0.1) is 5.92 Å². The number of hydrogen-bond donors (Lipinski definition) is 2. The molecule has 1 amide bonds. The van der Waals surface area contributed by atoms with Gasteiger partial charge in [-0.1, -0.05) is 20.3 Å². The average molecular weight is 411 g/mol. The molecule has 10 heteroatoms. The minimum Gasteiger partial charge on any atom is -0.497 e. The topological polar surface area (TPSA) is 111 Å². The van der Waals surface area contributed by atoms with Crippen LogP contribution in [0.15, 0.2) is 36.1 Å². The number of thiazole rings is 1. The highest BCUT2D eigenvalue weighted by molar-refractivity contribution is 7.14. The van der Waals surface area contributed by atoms with Crippen LogP contribution in [0.2, 0.25) is 0 Å². The van der Waals surface area contributed by atoms with Gasteiger partial charge >= 0.3 is 0 Å². The molecule has 4 rings (SSSR count). The number of ether oxygens (including phenoxy) is 1. The zero-order valence-electron chi connectivity index (χ0n) is 16.3. The molecule has 0 spiro atoms. The number of hydrogen-bond acceptors (Lipinski definition) is 7. The van der Waals surface area contributed by atoms with Crippen LogP contribution >= 0.6 is 11.3 Å². The number of tetrazole rings is 1. The quantitative estimate of drug-likeness (QED) is 0.481. The van der Waals surface area contributed by atoms with E-state index in [2.05, 4.69) is 30.8 Å². The van der Waals surface area contributed by atoms with Crippen molar-refractivity contribution in [3.63, 3.8) is 0 Å². The molecule has 0 fully saturated rings. The van der Waals surface area contributed by atoms with Crippen molar-refractivity contribution >= 4 is 33.3 Å².